The molecular weight excluding hydrogens is 368 g/mol. The third-order valence-electron chi connectivity index (χ3n) is 4.83. The number of ether oxygens (including phenoxy) is 2. The van der Waals surface area contributed by atoms with Crippen LogP contribution in [0, 0.1) is 0 Å². The van der Waals surface area contributed by atoms with Crippen LogP contribution in [-0.4, -0.2) is 58.1 Å². The molecule has 1 aromatic carbocycles. The van der Waals surface area contributed by atoms with Gasteiger partial charge in [-0.05, 0) is 43.0 Å². The van der Waals surface area contributed by atoms with Crippen LogP contribution < -0.4 is 10.1 Å². The van der Waals surface area contributed by atoms with Crippen molar-refractivity contribution in [2.75, 3.05) is 33.4 Å². The maximum Gasteiger partial charge on any atom is 0.243 e. The Bertz CT molecular complexity index is 726. The van der Waals surface area contributed by atoms with Crippen molar-refractivity contribution in [3.63, 3.8) is 0 Å². The molecule has 0 spiro atoms. The van der Waals surface area contributed by atoms with Crippen molar-refractivity contribution in [1.29, 1.82) is 0 Å². The summed E-state index contributed by atoms with van der Waals surface area (Å²) in [4.78, 5) is 12.4. The van der Waals surface area contributed by atoms with E-state index in [2.05, 4.69) is 5.32 Å². The molecule has 0 atom stereocenters. The topological polar surface area (TPSA) is 84.9 Å². The largest absolute Gasteiger partial charge is 0.496 e. The molecule has 0 saturated carbocycles. The second-order valence-corrected chi connectivity index (χ2v) is 8.51. The predicted octanol–water partition coefficient (Wildman–Crippen LogP) is 1.95. The van der Waals surface area contributed by atoms with E-state index in [0.29, 0.717) is 44.0 Å². The molecule has 0 radical (unpaired) electrons. The quantitative estimate of drug-likeness (QED) is 0.687. The van der Waals surface area contributed by atoms with Crippen LogP contribution in [0.1, 0.15) is 38.7 Å². The van der Waals surface area contributed by atoms with Crippen molar-refractivity contribution in [2.45, 2.75) is 50.5 Å². The lowest BCUT2D eigenvalue weighted by Crippen LogP contribution is -2.40. The first-order chi connectivity index (χ1) is 12.9. The molecule has 27 heavy (non-hydrogen) atoms. The smallest absolute Gasteiger partial charge is 0.243 e. The molecule has 7 nitrogen and oxygen atoms in total. The maximum absolute atomic E-state index is 12.9. The van der Waals surface area contributed by atoms with E-state index in [1.165, 1.54) is 4.31 Å². The fraction of sp³-hybridized carbons (Fsp3) is 0.632. The van der Waals surface area contributed by atoms with Gasteiger partial charge in [-0.25, -0.2) is 8.42 Å². The van der Waals surface area contributed by atoms with Crippen molar-refractivity contribution in [3.05, 3.63) is 23.8 Å². The Kier molecular flexibility index (Phi) is 8.07. The number of nitrogens with one attached hydrogen (secondary N) is 1. The summed E-state index contributed by atoms with van der Waals surface area (Å²) in [5, 5.41) is 3.00. The van der Waals surface area contributed by atoms with Gasteiger partial charge in [-0.2, -0.15) is 4.31 Å². The number of nitrogens with zero attached hydrogens (tertiary/aromatic N) is 1. The van der Waals surface area contributed by atoms with Gasteiger partial charge in [-0.15, -0.1) is 0 Å². The first kappa shape index (κ1) is 21.7. The lowest BCUT2D eigenvalue weighted by molar-refractivity contribution is -0.121. The average molecular weight is 399 g/mol. The standard InChI is InChI=1S/C19H30N2O5S/c1-4-16(5-2)20-19(22)9-6-15-14-17(7-8-18(15)25-3)27(23,24)21-10-12-26-13-11-21/h7-8,14,16H,4-6,9-13H2,1-3H3,(H,20,22). The van der Waals surface area contributed by atoms with Crippen LogP contribution in [0.2, 0.25) is 0 Å². The third-order valence-corrected chi connectivity index (χ3v) is 6.73. The van der Waals surface area contributed by atoms with Crippen molar-refractivity contribution in [1.82, 2.24) is 9.62 Å². The summed E-state index contributed by atoms with van der Waals surface area (Å²) in [5.41, 5.74) is 0.714. The molecule has 2 rings (SSSR count). The SMILES string of the molecule is CCC(CC)NC(=O)CCc1cc(S(=O)(=O)N2CCOCC2)ccc1OC. The van der Waals surface area contributed by atoms with Crippen LogP contribution in [0.5, 0.6) is 5.75 Å². The Morgan fingerprint density at radius 2 is 1.93 bits per heavy atom. The van der Waals surface area contributed by atoms with E-state index in [1.807, 2.05) is 13.8 Å². The summed E-state index contributed by atoms with van der Waals surface area (Å²) in [5.74, 6) is 0.554. The molecule has 152 valence electrons. The zero-order valence-electron chi connectivity index (χ0n) is 16.4. The summed E-state index contributed by atoms with van der Waals surface area (Å²) >= 11 is 0. The number of carbonyl (C=O) groups is 1. The van der Waals surface area contributed by atoms with E-state index in [1.54, 1.807) is 25.3 Å². The van der Waals surface area contributed by atoms with Gasteiger partial charge in [0.2, 0.25) is 15.9 Å². The van der Waals surface area contributed by atoms with E-state index in [-0.39, 0.29) is 23.3 Å². The first-order valence-corrected chi connectivity index (χ1v) is 10.9. The highest BCUT2D eigenvalue weighted by atomic mass is 32.2. The van der Waals surface area contributed by atoms with E-state index in [9.17, 15) is 13.2 Å². The molecule has 1 heterocycles. The number of hydrogen-bond donors (Lipinski definition) is 1. The number of benzene rings is 1. The Balaban J connectivity index is 2.14. The second kappa shape index (κ2) is 10.1. The minimum absolute atomic E-state index is 0.0350. The van der Waals surface area contributed by atoms with E-state index in [0.717, 1.165) is 12.8 Å². The van der Waals surface area contributed by atoms with Gasteiger partial charge >= 0.3 is 0 Å². The molecule has 0 aromatic heterocycles. The Labute approximate surface area is 162 Å². The summed E-state index contributed by atoms with van der Waals surface area (Å²) in [6, 6.07) is 5.00. The number of amides is 1. The third kappa shape index (κ3) is 5.67. The second-order valence-electron chi connectivity index (χ2n) is 6.57. The minimum atomic E-state index is -3.58. The molecule has 1 amide bonds. The van der Waals surface area contributed by atoms with Crippen LogP contribution in [0.15, 0.2) is 23.1 Å². The van der Waals surface area contributed by atoms with Crippen LogP contribution in [0.4, 0.5) is 0 Å². The Morgan fingerprint density at radius 3 is 2.52 bits per heavy atom. The molecule has 1 N–H and O–H groups in total. The number of hydrogen-bond acceptors (Lipinski definition) is 5. The van der Waals surface area contributed by atoms with Gasteiger partial charge in [-0.3, -0.25) is 4.79 Å². The number of sulfonamides is 1. The molecule has 1 aromatic rings. The molecule has 1 aliphatic heterocycles. The fourth-order valence-electron chi connectivity index (χ4n) is 3.09. The van der Waals surface area contributed by atoms with Gasteiger partial charge in [0.25, 0.3) is 0 Å². The monoisotopic (exact) mass is 398 g/mol. The normalized spacial score (nSPS) is 15.7. The summed E-state index contributed by atoms with van der Waals surface area (Å²) < 4.78 is 37.7. The number of aryl methyl sites for hydroxylation is 1. The maximum atomic E-state index is 12.9. The summed E-state index contributed by atoms with van der Waals surface area (Å²) in [6.45, 7) is 5.58. The number of rotatable bonds is 9. The zero-order valence-corrected chi connectivity index (χ0v) is 17.2. The van der Waals surface area contributed by atoms with Crippen LogP contribution in [0.3, 0.4) is 0 Å². The molecule has 1 fully saturated rings. The van der Waals surface area contributed by atoms with Gasteiger partial charge in [0.05, 0.1) is 25.2 Å². The average Bonchev–Trinajstić information content (AvgIpc) is 2.70. The predicted molar refractivity (Wildman–Crippen MR) is 103 cm³/mol. The molecule has 0 aliphatic carbocycles. The molecule has 1 aliphatic rings. The molecule has 1 saturated heterocycles. The van der Waals surface area contributed by atoms with Gasteiger partial charge in [-0.1, -0.05) is 13.8 Å². The fourth-order valence-corrected chi connectivity index (χ4v) is 4.55. The number of methoxy groups -OCH3 is 1. The summed E-state index contributed by atoms with van der Waals surface area (Å²) in [6.07, 6.45) is 2.48. The van der Waals surface area contributed by atoms with Gasteiger partial charge < -0.3 is 14.8 Å². The van der Waals surface area contributed by atoms with E-state index >= 15 is 0 Å². The lowest BCUT2D eigenvalue weighted by atomic mass is 10.1. The van der Waals surface area contributed by atoms with E-state index in [4.69, 9.17) is 9.47 Å². The van der Waals surface area contributed by atoms with Crippen molar-refractivity contribution < 1.29 is 22.7 Å². The molecule has 0 unspecified atom stereocenters. The van der Waals surface area contributed by atoms with Crippen LogP contribution in [0.25, 0.3) is 0 Å². The van der Waals surface area contributed by atoms with Crippen molar-refractivity contribution in [2.24, 2.45) is 0 Å². The highest BCUT2D eigenvalue weighted by molar-refractivity contribution is 7.89. The Morgan fingerprint density at radius 1 is 1.26 bits per heavy atom. The molecule has 0 bridgehead atoms. The van der Waals surface area contributed by atoms with Gasteiger partial charge in [0.1, 0.15) is 5.75 Å². The van der Waals surface area contributed by atoms with Crippen LogP contribution >= 0.6 is 0 Å². The highest BCUT2D eigenvalue weighted by Crippen LogP contribution is 2.26. The minimum Gasteiger partial charge on any atom is -0.496 e. The number of morpholine rings is 1. The first-order valence-electron chi connectivity index (χ1n) is 9.46. The number of carbonyl (C=O) groups excluding carboxylic acids is 1. The Hall–Kier alpha value is -1.64. The summed E-state index contributed by atoms with van der Waals surface area (Å²) in [7, 11) is -2.04. The van der Waals surface area contributed by atoms with Gasteiger partial charge in [0.15, 0.2) is 0 Å². The molecular formula is C19H30N2O5S. The highest BCUT2D eigenvalue weighted by Gasteiger charge is 2.27. The zero-order chi connectivity index (χ0) is 19.9. The molecule has 8 heteroatoms. The van der Waals surface area contributed by atoms with Crippen molar-refractivity contribution in [3.8, 4) is 5.75 Å². The van der Waals surface area contributed by atoms with Crippen molar-refractivity contribution >= 4 is 15.9 Å². The van der Waals surface area contributed by atoms with Gasteiger partial charge in [0, 0.05) is 25.6 Å². The van der Waals surface area contributed by atoms with Crippen LogP contribution in [-0.2, 0) is 26.0 Å². The lowest BCUT2D eigenvalue weighted by Gasteiger charge is -2.26. The van der Waals surface area contributed by atoms with E-state index < -0.39 is 10.0 Å².